The largest absolute Gasteiger partial charge is 0.504 e. The molecule has 0 saturated heterocycles. The number of hydrogen-bond donors (Lipinski definition) is 46. The molecular formula is C35H63N3O48. The number of carbonyl (C=O) groups excluding carboxylic acids is 2. The minimum absolute atomic E-state index is 0.297. The van der Waals surface area contributed by atoms with E-state index in [2.05, 4.69) is 19.9 Å². The molecule has 0 saturated carbocycles. The van der Waals surface area contributed by atoms with Gasteiger partial charge in [-0.25, -0.2) is 0 Å². The smallest absolute Gasteiger partial charge is 0.453 e. The Morgan fingerprint density at radius 1 is 0.419 bits per heavy atom. The van der Waals surface area contributed by atoms with Crippen molar-refractivity contribution in [3.8, 4) is 28.7 Å². The van der Waals surface area contributed by atoms with Gasteiger partial charge in [0.05, 0.1) is 0 Å². The third-order valence-electron chi connectivity index (χ3n) is 12.7. The second-order valence-corrected chi connectivity index (χ2v) is 19.8. The quantitative estimate of drug-likeness (QED) is 0.0221. The van der Waals surface area contributed by atoms with Gasteiger partial charge >= 0.3 is 41.8 Å². The second-order valence-electron chi connectivity index (χ2n) is 19.8. The SMILES string of the molecule is CC(C)(O)OC(O)(O)C(O)(O)C(C)(O)Oc1c(O)c(C(O)(O)C(O)(C(O)(O)C(N)(O)C(O)(O)C(O)(O)C(O)(C(=O)NC(O)(O)C(C(N)=O)(C(C)(O)O)C(O)(O)O)C(O)(C(O)(O)O)C(O)(O)O)C(O)(C(C)(O)O)C(O)(O)O)c(O)c(O)c1OC(O)(O)O. The highest BCUT2D eigenvalue weighted by Crippen LogP contribution is 2.63. The molecule has 0 bridgehead atoms. The molecule has 51 heteroatoms. The van der Waals surface area contributed by atoms with Crippen molar-refractivity contribution in [1.82, 2.24) is 5.32 Å². The van der Waals surface area contributed by atoms with Crippen LogP contribution in [0.5, 0.6) is 28.7 Å². The van der Waals surface area contributed by atoms with E-state index in [1.54, 1.807) is 0 Å². The fourth-order valence-corrected chi connectivity index (χ4v) is 8.26. The maximum Gasteiger partial charge on any atom is 0.453 e. The predicted octanol–water partition coefficient (Wildman–Crippen LogP) is -26.2. The minimum atomic E-state index is -7.58. The van der Waals surface area contributed by atoms with Crippen LogP contribution >= 0.6 is 0 Å². The van der Waals surface area contributed by atoms with Gasteiger partial charge in [-0.05, 0) is 27.7 Å². The van der Waals surface area contributed by atoms with E-state index in [0.717, 1.165) is 0 Å². The summed E-state index contributed by atoms with van der Waals surface area (Å²) in [7, 11) is 0. The van der Waals surface area contributed by atoms with E-state index in [9.17, 15) is 229 Å². The van der Waals surface area contributed by atoms with Gasteiger partial charge in [-0.15, -0.1) is 0 Å². The molecule has 0 aliphatic carbocycles. The molecule has 1 rings (SSSR count). The van der Waals surface area contributed by atoms with Crippen LogP contribution in [-0.2, 0) is 20.1 Å². The molecule has 0 radical (unpaired) electrons. The normalized spacial score (nSPS) is 19.5. The molecule has 0 aliphatic heterocycles. The molecule has 0 fully saturated rings. The molecule has 48 N–H and O–H groups in total. The van der Waals surface area contributed by atoms with Gasteiger partial charge in [0.1, 0.15) is 5.56 Å². The number of nitrogens with two attached hydrogens (primary N) is 2. The van der Waals surface area contributed by atoms with Gasteiger partial charge in [-0.3, -0.25) is 20.1 Å². The van der Waals surface area contributed by atoms with Crippen LogP contribution in [-0.4, -0.2) is 348 Å². The van der Waals surface area contributed by atoms with Gasteiger partial charge in [0.25, 0.3) is 46.0 Å². The third kappa shape index (κ3) is 10.9. The number of phenolic OH excluding ortho intramolecular Hbond substituents is 3. The molecule has 0 heterocycles. The fraction of sp³-hybridized carbons (Fsp3) is 0.771. The lowest BCUT2D eigenvalue weighted by molar-refractivity contribution is -0.574. The molecule has 0 aliphatic rings. The summed E-state index contributed by atoms with van der Waals surface area (Å²) < 4.78 is 12.3. The van der Waals surface area contributed by atoms with E-state index in [1.165, 1.54) is 0 Å². The van der Waals surface area contributed by atoms with Gasteiger partial charge < -0.3 is 240 Å². The summed E-state index contributed by atoms with van der Waals surface area (Å²) in [6.07, 6.45) is -5.07. The van der Waals surface area contributed by atoms with Gasteiger partial charge in [-0.2, -0.15) is 0 Å². The van der Waals surface area contributed by atoms with E-state index < -0.39 is 194 Å². The van der Waals surface area contributed by atoms with Gasteiger partial charge in [-0.1, -0.05) is 0 Å². The number of nitrogens with one attached hydrogen (secondary N) is 1. The number of benzene rings is 1. The first-order valence-electron chi connectivity index (χ1n) is 21.3. The van der Waals surface area contributed by atoms with E-state index in [0.29, 0.717) is 13.8 Å². The Morgan fingerprint density at radius 3 is 1.07 bits per heavy atom. The second kappa shape index (κ2) is 21.0. The Hall–Kier alpha value is -4.52. The molecule has 6 atom stereocenters. The van der Waals surface area contributed by atoms with Crippen LogP contribution in [0, 0.1) is 5.41 Å². The van der Waals surface area contributed by atoms with Crippen molar-refractivity contribution in [2.75, 3.05) is 0 Å². The number of ether oxygens (including phenoxy) is 3. The van der Waals surface area contributed by atoms with Crippen LogP contribution in [0.2, 0.25) is 0 Å². The molecule has 0 spiro atoms. The zero-order chi connectivity index (χ0) is 70.4. The van der Waals surface area contributed by atoms with Crippen LogP contribution in [0.15, 0.2) is 0 Å². The number of aliphatic hydroxyl groups is 40. The lowest BCUT2D eigenvalue weighted by Gasteiger charge is -2.63. The highest BCUT2D eigenvalue weighted by molar-refractivity contribution is 5.91. The lowest BCUT2D eigenvalue weighted by Crippen LogP contribution is -2.98. The molecule has 506 valence electrons. The number of amides is 2. The van der Waals surface area contributed by atoms with Crippen molar-refractivity contribution < 1.29 is 243 Å². The summed E-state index contributed by atoms with van der Waals surface area (Å²) in [6, 6.07) is 0. The van der Waals surface area contributed by atoms with E-state index >= 15 is 0 Å². The summed E-state index contributed by atoms with van der Waals surface area (Å²) in [5.41, 5.74) is -35.9. The number of phenols is 3. The Labute approximate surface area is 468 Å². The minimum Gasteiger partial charge on any atom is -0.504 e. The first-order chi connectivity index (χ1) is 36.6. The van der Waals surface area contributed by atoms with Crippen LogP contribution in [0.25, 0.3) is 0 Å². The zero-order valence-electron chi connectivity index (χ0n) is 42.9. The van der Waals surface area contributed by atoms with E-state index in [-0.39, 0.29) is 5.32 Å². The van der Waals surface area contributed by atoms with E-state index in [1.807, 2.05) is 0 Å². The standard InChI is InChI=1S/C35H63N3O48/c1-14(2,44)86-34(79,80)25(57,58)17(5,49)84-10-8(40)6(7(39)9(41)11(10)85-35(81,82)83)20(51,52)23(55,21(53,16(4,47)48)31(70,71)72)27(61,62)24(37,56)28(63,64)26(59,60)19(50,22(54,32(73,74)75)33(76,77)78)13(43)38-29(65,66)18(12(36)42,15(3,45)46)30(67,68)69/h39-41,44-83H,37H2,1-5H3,(H2,36,42)(H,38,43). The molecule has 86 heavy (non-hydrogen) atoms. The number of hydrogen-bond acceptors (Lipinski definition) is 49. The number of aromatic hydroxyl groups is 3. The van der Waals surface area contributed by atoms with Crippen molar-refractivity contribution in [1.29, 1.82) is 0 Å². The summed E-state index contributed by atoms with van der Waals surface area (Å²) in [5, 5.41) is 460. The summed E-state index contributed by atoms with van der Waals surface area (Å²) >= 11 is 0. The lowest BCUT2D eigenvalue weighted by atomic mass is 9.58. The van der Waals surface area contributed by atoms with Crippen LogP contribution in [0.1, 0.15) is 40.2 Å². The Kier molecular flexibility index (Phi) is 19.4. The van der Waals surface area contributed by atoms with E-state index in [4.69, 9.17) is 5.73 Å². The van der Waals surface area contributed by atoms with Crippen molar-refractivity contribution in [2.45, 2.75) is 157 Å². The molecular weight excluding hydrogens is 1230 g/mol. The Balaban J connectivity index is 5.38. The summed E-state index contributed by atoms with van der Waals surface area (Å²) in [6.45, 7) is -0.966. The molecule has 2 amide bonds. The average Bonchev–Trinajstić information content (AvgIpc) is 3.20. The third-order valence-corrected chi connectivity index (χ3v) is 12.7. The van der Waals surface area contributed by atoms with Gasteiger partial charge in [0, 0.05) is 6.92 Å². The monoisotopic (exact) mass is 1290 g/mol. The summed E-state index contributed by atoms with van der Waals surface area (Å²) in [5.74, 6) is -114. The number of rotatable bonds is 27. The predicted molar refractivity (Wildman–Crippen MR) is 231 cm³/mol. The number of carbonyl (C=O) groups is 2. The molecule has 1 aromatic carbocycles. The Bertz CT molecular complexity index is 2640. The number of primary amides is 1. The molecule has 6 unspecified atom stereocenters. The van der Waals surface area contributed by atoms with Crippen molar-refractivity contribution in [3.05, 3.63) is 5.56 Å². The first-order valence-corrected chi connectivity index (χ1v) is 21.3. The summed E-state index contributed by atoms with van der Waals surface area (Å²) in [4.78, 5) is 26.6. The maximum absolute atomic E-state index is 14.1. The van der Waals surface area contributed by atoms with Crippen molar-refractivity contribution >= 4 is 11.8 Å². The molecule has 51 nitrogen and oxygen atoms in total. The van der Waals surface area contributed by atoms with Crippen LogP contribution in [0.4, 0.5) is 0 Å². The Morgan fingerprint density at radius 2 is 0.779 bits per heavy atom. The van der Waals surface area contributed by atoms with Gasteiger partial charge in [0.2, 0.25) is 57.3 Å². The zero-order valence-corrected chi connectivity index (χ0v) is 42.9. The fourth-order valence-electron chi connectivity index (χ4n) is 8.26. The first kappa shape index (κ1) is 79.5. The highest BCUT2D eigenvalue weighted by atomic mass is 16.9. The van der Waals surface area contributed by atoms with Gasteiger partial charge in [0.15, 0.2) is 23.1 Å². The van der Waals surface area contributed by atoms with Crippen molar-refractivity contribution in [3.63, 3.8) is 0 Å². The maximum atomic E-state index is 14.1. The molecule has 1 aromatic rings. The van der Waals surface area contributed by atoms with Crippen LogP contribution in [0.3, 0.4) is 0 Å². The van der Waals surface area contributed by atoms with Crippen molar-refractivity contribution in [2.24, 2.45) is 16.9 Å². The highest BCUT2D eigenvalue weighted by Gasteiger charge is 2.94. The topological polar surface area (TPSA) is 996 Å². The molecule has 0 aromatic heterocycles. The van der Waals surface area contributed by atoms with Crippen LogP contribution < -0.4 is 26.3 Å². The average molecular weight is 1290 g/mol.